The molecular formula is C14H19N3. The Morgan fingerprint density at radius 1 is 1.24 bits per heavy atom. The fourth-order valence-corrected chi connectivity index (χ4v) is 1.88. The van der Waals surface area contributed by atoms with Gasteiger partial charge in [-0.15, -0.1) is 0 Å². The zero-order valence-corrected chi connectivity index (χ0v) is 10.5. The molecule has 0 radical (unpaired) electrons. The van der Waals surface area contributed by atoms with E-state index >= 15 is 0 Å². The van der Waals surface area contributed by atoms with E-state index in [9.17, 15) is 0 Å². The maximum absolute atomic E-state index is 4.21. The molecule has 0 aliphatic rings. The molecule has 0 unspecified atom stereocenters. The maximum Gasteiger partial charge on any atom is 0.105 e. The number of benzene rings is 1. The summed E-state index contributed by atoms with van der Waals surface area (Å²) in [5, 5.41) is 3.46. The molecular weight excluding hydrogens is 210 g/mol. The van der Waals surface area contributed by atoms with Gasteiger partial charge in [0.2, 0.25) is 0 Å². The lowest BCUT2D eigenvalue weighted by Gasteiger charge is -2.09. The SMILES string of the molecule is Cc1ccccc1NCCCn1ccnc1C. The van der Waals surface area contributed by atoms with Gasteiger partial charge in [-0.1, -0.05) is 18.2 Å². The van der Waals surface area contributed by atoms with Gasteiger partial charge in [-0.2, -0.15) is 0 Å². The number of hydrogen-bond donors (Lipinski definition) is 1. The molecule has 0 atom stereocenters. The van der Waals surface area contributed by atoms with Crippen molar-refractivity contribution in [3.05, 3.63) is 48.0 Å². The highest BCUT2D eigenvalue weighted by atomic mass is 15.1. The van der Waals surface area contributed by atoms with E-state index in [1.165, 1.54) is 11.3 Å². The predicted octanol–water partition coefficient (Wildman–Crippen LogP) is 3.00. The van der Waals surface area contributed by atoms with Crippen molar-refractivity contribution in [2.75, 3.05) is 11.9 Å². The summed E-state index contributed by atoms with van der Waals surface area (Å²) < 4.78 is 2.18. The monoisotopic (exact) mass is 229 g/mol. The van der Waals surface area contributed by atoms with Crippen LogP contribution in [-0.2, 0) is 6.54 Å². The van der Waals surface area contributed by atoms with E-state index in [1.54, 1.807) is 0 Å². The minimum Gasteiger partial charge on any atom is -0.385 e. The van der Waals surface area contributed by atoms with Crippen molar-refractivity contribution in [1.82, 2.24) is 9.55 Å². The van der Waals surface area contributed by atoms with Crippen LogP contribution in [0.25, 0.3) is 0 Å². The van der Waals surface area contributed by atoms with E-state index in [0.29, 0.717) is 0 Å². The topological polar surface area (TPSA) is 29.9 Å². The first kappa shape index (κ1) is 11.7. The van der Waals surface area contributed by atoms with Crippen LogP contribution in [0.2, 0.25) is 0 Å². The standard InChI is InChI=1S/C14H19N3/c1-12-6-3-4-7-14(12)16-8-5-10-17-11-9-15-13(17)2/h3-4,6-7,9,11,16H,5,8,10H2,1-2H3. The minimum atomic E-state index is 0.989. The molecule has 0 amide bonds. The van der Waals surface area contributed by atoms with Crippen molar-refractivity contribution in [3.8, 4) is 0 Å². The average Bonchev–Trinajstić information content (AvgIpc) is 2.73. The predicted molar refractivity (Wildman–Crippen MR) is 71.2 cm³/mol. The molecule has 2 aromatic rings. The van der Waals surface area contributed by atoms with E-state index < -0.39 is 0 Å². The molecule has 1 N–H and O–H groups in total. The lowest BCUT2D eigenvalue weighted by Crippen LogP contribution is -2.07. The third-order valence-electron chi connectivity index (χ3n) is 2.96. The Balaban J connectivity index is 1.77. The molecule has 1 aromatic carbocycles. The maximum atomic E-state index is 4.21. The first-order chi connectivity index (χ1) is 8.27. The highest BCUT2D eigenvalue weighted by Crippen LogP contribution is 2.12. The Labute approximate surface area is 103 Å². The Hall–Kier alpha value is -1.77. The summed E-state index contributed by atoms with van der Waals surface area (Å²) in [4.78, 5) is 4.21. The third kappa shape index (κ3) is 3.09. The highest BCUT2D eigenvalue weighted by Gasteiger charge is 1.97. The van der Waals surface area contributed by atoms with Crippen molar-refractivity contribution in [1.29, 1.82) is 0 Å². The summed E-state index contributed by atoms with van der Waals surface area (Å²) in [5.41, 5.74) is 2.53. The third-order valence-corrected chi connectivity index (χ3v) is 2.96. The summed E-state index contributed by atoms with van der Waals surface area (Å²) in [7, 11) is 0. The number of hydrogen-bond acceptors (Lipinski definition) is 2. The van der Waals surface area contributed by atoms with E-state index in [-0.39, 0.29) is 0 Å². The van der Waals surface area contributed by atoms with Gasteiger partial charge in [-0.25, -0.2) is 4.98 Å². The first-order valence-electron chi connectivity index (χ1n) is 6.04. The largest absolute Gasteiger partial charge is 0.385 e. The average molecular weight is 229 g/mol. The molecule has 0 fully saturated rings. The molecule has 90 valence electrons. The Kier molecular flexibility index (Phi) is 3.81. The molecule has 3 heteroatoms. The van der Waals surface area contributed by atoms with Crippen molar-refractivity contribution in [2.45, 2.75) is 26.8 Å². The molecule has 0 spiro atoms. The number of rotatable bonds is 5. The van der Waals surface area contributed by atoms with Crippen molar-refractivity contribution in [2.24, 2.45) is 0 Å². The van der Waals surface area contributed by atoms with E-state index in [0.717, 1.165) is 25.3 Å². The fourth-order valence-electron chi connectivity index (χ4n) is 1.88. The van der Waals surface area contributed by atoms with Gasteiger partial charge in [-0.3, -0.25) is 0 Å². The van der Waals surface area contributed by atoms with Gasteiger partial charge >= 0.3 is 0 Å². The van der Waals surface area contributed by atoms with Gasteiger partial charge in [0, 0.05) is 31.2 Å². The molecule has 0 bridgehead atoms. The summed E-state index contributed by atoms with van der Waals surface area (Å²) >= 11 is 0. The van der Waals surface area contributed by atoms with Gasteiger partial charge in [-0.05, 0) is 31.9 Å². The molecule has 3 nitrogen and oxygen atoms in total. The molecule has 1 heterocycles. The second kappa shape index (κ2) is 5.53. The molecule has 17 heavy (non-hydrogen) atoms. The lowest BCUT2D eigenvalue weighted by atomic mass is 10.2. The van der Waals surface area contributed by atoms with Crippen LogP contribution in [0, 0.1) is 13.8 Å². The van der Waals surface area contributed by atoms with Crippen molar-refractivity contribution in [3.63, 3.8) is 0 Å². The number of aryl methyl sites for hydroxylation is 3. The van der Waals surface area contributed by atoms with Crippen LogP contribution in [0.3, 0.4) is 0 Å². The van der Waals surface area contributed by atoms with Crippen LogP contribution >= 0.6 is 0 Å². The number of para-hydroxylation sites is 1. The Bertz CT molecular complexity index is 474. The first-order valence-corrected chi connectivity index (χ1v) is 6.04. The van der Waals surface area contributed by atoms with Gasteiger partial charge in [0.05, 0.1) is 0 Å². The quantitative estimate of drug-likeness (QED) is 0.799. The summed E-state index contributed by atoms with van der Waals surface area (Å²) in [6.07, 6.45) is 4.98. The van der Waals surface area contributed by atoms with Gasteiger partial charge in [0.25, 0.3) is 0 Å². The second-order valence-electron chi connectivity index (χ2n) is 4.26. The fraction of sp³-hybridized carbons (Fsp3) is 0.357. The molecule has 0 saturated heterocycles. The number of nitrogens with zero attached hydrogens (tertiary/aromatic N) is 2. The number of aromatic nitrogens is 2. The van der Waals surface area contributed by atoms with Crippen molar-refractivity contribution >= 4 is 5.69 Å². The molecule has 0 aliphatic carbocycles. The number of anilines is 1. The van der Waals surface area contributed by atoms with E-state index in [4.69, 9.17) is 0 Å². The normalized spacial score (nSPS) is 10.5. The number of imidazole rings is 1. The smallest absolute Gasteiger partial charge is 0.105 e. The van der Waals surface area contributed by atoms with Crippen LogP contribution in [0.5, 0.6) is 0 Å². The molecule has 0 saturated carbocycles. The van der Waals surface area contributed by atoms with Crippen LogP contribution in [-0.4, -0.2) is 16.1 Å². The van der Waals surface area contributed by atoms with Gasteiger partial charge < -0.3 is 9.88 Å². The van der Waals surface area contributed by atoms with E-state index in [2.05, 4.69) is 46.1 Å². The molecule has 0 aliphatic heterocycles. The molecule has 2 rings (SSSR count). The highest BCUT2D eigenvalue weighted by molar-refractivity contribution is 5.49. The zero-order valence-electron chi connectivity index (χ0n) is 10.5. The van der Waals surface area contributed by atoms with Gasteiger partial charge in [0.15, 0.2) is 0 Å². The molecule has 1 aromatic heterocycles. The van der Waals surface area contributed by atoms with Crippen LogP contribution < -0.4 is 5.32 Å². The minimum absolute atomic E-state index is 0.989. The Morgan fingerprint density at radius 3 is 2.76 bits per heavy atom. The second-order valence-corrected chi connectivity index (χ2v) is 4.26. The van der Waals surface area contributed by atoms with Crippen molar-refractivity contribution < 1.29 is 0 Å². The van der Waals surface area contributed by atoms with Crippen LogP contribution in [0.15, 0.2) is 36.7 Å². The summed E-state index contributed by atoms with van der Waals surface area (Å²) in [6, 6.07) is 8.38. The zero-order chi connectivity index (χ0) is 12.1. The Morgan fingerprint density at radius 2 is 2.06 bits per heavy atom. The van der Waals surface area contributed by atoms with E-state index in [1.807, 2.05) is 19.3 Å². The van der Waals surface area contributed by atoms with Crippen LogP contribution in [0.1, 0.15) is 17.8 Å². The lowest BCUT2D eigenvalue weighted by molar-refractivity contribution is 0.642. The summed E-state index contributed by atoms with van der Waals surface area (Å²) in [5.74, 6) is 1.08. The number of nitrogens with one attached hydrogen (secondary N) is 1. The summed E-state index contributed by atoms with van der Waals surface area (Å²) in [6.45, 7) is 6.17. The van der Waals surface area contributed by atoms with Gasteiger partial charge in [0.1, 0.15) is 5.82 Å². The van der Waals surface area contributed by atoms with Crippen LogP contribution in [0.4, 0.5) is 5.69 Å².